The SMILES string of the molecule is CC[C@H](N)C(=O)N[C@H](Cc1c[nH]c2ccccc12)C(=O)N[C@H](Cc1c[nH]c2ccccc12)C(=O)N[C@@H](CCCN)C(N)=O. The molecule has 12 nitrogen and oxygen atoms in total. The summed E-state index contributed by atoms with van der Waals surface area (Å²) in [5.74, 6) is -2.32. The fourth-order valence-electron chi connectivity index (χ4n) is 5.08. The number of amides is 4. The molecule has 4 atom stereocenters. The van der Waals surface area contributed by atoms with Crippen LogP contribution in [0.5, 0.6) is 0 Å². The van der Waals surface area contributed by atoms with E-state index in [0.717, 1.165) is 32.9 Å². The number of benzene rings is 2. The third kappa shape index (κ3) is 7.79. The van der Waals surface area contributed by atoms with E-state index in [9.17, 15) is 19.2 Å². The highest BCUT2D eigenvalue weighted by Crippen LogP contribution is 2.21. The molecule has 0 aliphatic heterocycles. The Bertz CT molecular complexity index is 1580. The number of H-pyrrole nitrogens is 2. The van der Waals surface area contributed by atoms with Crippen LogP contribution >= 0.6 is 0 Å². The van der Waals surface area contributed by atoms with Crippen LogP contribution in [0.2, 0.25) is 0 Å². The number of primary amides is 1. The minimum absolute atomic E-state index is 0.117. The maximum absolute atomic E-state index is 13.9. The van der Waals surface area contributed by atoms with Crippen molar-refractivity contribution in [1.29, 1.82) is 0 Å². The summed E-state index contributed by atoms with van der Waals surface area (Å²) in [7, 11) is 0. The van der Waals surface area contributed by atoms with E-state index in [-0.39, 0.29) is 19.3 Å². The first-order valence-electron chi connectivity index (χ1n) is 14.5. The number of aromatic nitrogens is 2. The summed E-state index contributed by atoms with van der Waals surface area (Å²) in [6.07, 6.45) is 4.97. The van der Waals surface area contributed by atoms with Gasteiger partial charge in [0, 0.05) is 47.0 Å². The highest BCUT2D eigenvalue weighted by atomic mass is 16.2. The molecule has 228 valence electrons. The van der Waals surface area contributed by atoms with Crippen molar-refractivity contribution in [3.63, 3.8) is 0 Å². The molecule has 0 unspecified atom stereocenters. The van der Waals surface area contributed by atoms with Crippen LogP contribution in [0.4, 0.5) is 0 Å². The van der Waals surface area contributed by atoms with Gasteiger partial charge in [-0.05, 0) is 49.1 Å². The second kappa shape index (κ2) is 14.5. The second-order valence-electron chi connectivity index (χ2n) is 10.7. The van der Waals surface area contributed by atoms with Gasteiger partial charge in [-0.3, -0.25) is 19.2 Å². The van der Waals surface area contributed by atoms with E-state index >= 15 is 0 Å². The van der Waals surface area contributed by atoms with Gasteiger partial charge in [-0.25, -0.2) is 0 Å². The van der Waals surface area contributed by atoms with Crippen molar-refractivity contribution in [3.8, 4) is 0 Å². The van der Waals surface area contributed by atoms with Crippen molar-refractivity contribution in [2.75, 3.05) is 6.54 Å². The largest absolute Gasteiger partial charge is 0.368 e. The predicted molar refractivity (Wildman–Crippen MR) is 166 cm³/mol. The highest BCUT2D eigenvalue weighted by Gasteiger charge is 2.31. The van der Waals surface area contributed by atoms with Gasteiger partial charge in [0.2, 0.25) is 23.6 Å². The van der Waals surface area contributed by atoms with Gasteiger partial charge < -0.3 is 43.1 Å². The lowest BCUT2D eigenvalue weighted by Crippen LogP contribution is -2.58. The number of hydrogen-bond acceptors (Lipinski definition) is 6. The normalized spacial score (nSPS) is 14.1. The van der Waals surface area contributed by atoms with E-state index in [1.54, 1.807) is 19.3 Å². The van der Waals surface area contributed by atoms with Crippen LogP contribution in [0.15, 0.2) is 60.9 Å². The zero-order chi connectivity index (χ0) is 30.9. The van der Waals surface area contributed by atoms with Gasteiger partial charge >= 0.3 is 0 Å². The summed E-state index contributed by atoms with van der Waals surface area (Å²) in [4.78, 5) is 58.8. The van der Waals surface area contributed by atoms with Gasteiger partial charge in [-0.15, -0.1) is 0 Å². The number of nitrogens with two attached hydrogens (primary N) is 3. The van der Waals surface area contributed by atoms with Gasteiger partial charge in [0.05, 0.1) is 6.04 Å². The first kappa shape index (κ1) is 31.3. The van der Waals surface area contributed by atoms with Crippen molar-refractivity contribution in [2.24, 2.45) is 17.2 Å². The Hall–Kier alpha value is -4.68. The van der Waals surface area contributed by atoms with E-state index in [0.29, 0.717) is 19.4 Å². The summed E-state index contributed by atoms with van der Waals surface area (Å²) in [5, 5.41) is 10.1. The Labute approximate surface area is 249 Å². The smallest absolute Gasteiger partial charge is 0.243 e. The Morgan fingerprint density at radius 1 is 0.744 bits per heavy atom. The number of nitrogens with one attached hydrogen (secondary N) is 5. The standard InChI is InChI=1S/C31H40N8O4/c1-2-22(33)29(41)38-26(14-18-16-35-23-10-5-3-8-20(18)23)31(43)39-27(30(42)37-25(28(34)40)12-7-13-32)15-19-17-36-24-11-6-4-9-21(19)24/h3-6,8-11,16-17,22,25-27,35-36H,2,7,12-15,32-33H2,1H3,(H2,34,40)(H,37,42)(H,38,41)(H,39,43)/t22-,25-,26+,27+/m0/s1. The van der Waals surface area contributed by atoms with E-state index in [2.05, 4.69) is 25.9 Å². The summed E-state index contributed by atoms with van der Waals surface area (Å²) in [5.41, 5.74) is 20.5. The molecule has 0 saturated carbocycles. The molecule has 0 saturated heterocycles. The molecule has 0 radical (unpaired) electrons. The molecule has 2 aromatic carbocycles. The van der Waals surface area contributed by atoms with Crippen LogP contribution in [0.1, 0.15) is 37.3 Å². The average molecular weight is 589 g/mol. The molecule has 2 aromatic heterocycles. The molecule has 4 amide bonds. The molecule has 0 aliphatic rings. The van der Waals surface area contributed by atoms with Crippen molar-refractivity contribution in [1.82, 2.24) is 25.9 Å². The van der Waals surface area contributed by atoms with E-state index in [1.807, 2.05) is 48.5 Å². The van der Waals surface area contributed by atoms with E-state index in [1.165, 1.54) is 0 Å². The molecule has 11 N–H and O–H groups in total. The molecule has 43 heavy (non-hydrogen) atoms. The Balaban J connectivity index is 1.63. The Morgan fingerprint density at radius 3 is 1.67 bits per heavy atom. The molecular formula is C31H40N8O4. The molecule has 0 bridgehead atoms. The summed E-state index contributed by atoms with van der Waals surface area (Å²) in [6.45, 7) is 2.10. The minimum atomic E-state index is -1.09. The van der Waals surface area contributed by atoms with Crippen molar-refractivity contribution >= 4 is 45.4 Å². The van der Waals surface area contributed by atoms with Gasteiger partial charge in [0.15, 0.2) is 0 Å². The van der Waals surface area contributed by atoms with Crippen LogP contribution in [0, 0.1) is 0 Å². The Kier molecular flexibility index (Phi) is 10.5. The van der Waals surface area contributed by atoms with Crippen LogP contribution in [0.3, 0.4) is 0 Å². The molecule has 0 fully saturated rings. The average Bonchev–Trinajstić information content (AvgIpc) is 3.61. The van der Waals surface area contributed by atoms with E-state index < -0.39 is 47.8 Å². The van der Waals surface area contributed by atoms with Crippen molar-refractivity contribution < 1.29 is 19.2 Å². The van der Waals surface area contributed by atoms with Crippen molar-refractivity contribution in [3.05, 3.63) is 72.1 Å². The maximum atomic E-state index is 13.9. The van der Waals surface area contributed by atoms with Crippen LogP contribution in [0.25, 0.3) is 21.8 Å². The number of aromatic amines is 2. The molecule has 0 aliphatic carbocycles. The lowest BCUT2D eigenvalue weighted by Gasteiger charge is -2.25. The van der Waals surface area contributed by atoms with Gasteiger partial charge in [0.25, 0.3) is 0 Å². The summed E-state index contributed by atoms with van der Waals surface area (Å²) >= 11 is 0. The zero-order valence-electron chi connectivity index (χ0n) is 24.2. The van der Waals surface area contributed by atoms with Gasteiger partial charge in [-0.1, -0.05) is 43.3 Å². The molecule has 0 spiro atoms. The van der Waals surface area contributed by atoms with Crippen LogP contribution in [-0.2, 0) is 32.0 Å². The highest BCUT2D eigenvalue weighted by molar-refractivity contribution is 5.96. The van der Waals surface area contributed by atoms with E-state index in [4.69, 9.17) is 17.2 Å². The molecular weight excluding hydrogens is 548 g/mol. The summed E-state index contributed by atoms with van der Waals surface area (Å²) in [6, 6.07) is 11.3. The van der Waals surface area contributed by atoms with Crippen LogP contribution in [-0.4, -0.2) is 64.3 Å². The first-order chi connectivity index (χ1) is 20.7. The number of rotatable bonds is 15. The maximum Gasteiger partial charge on any atom is 0.243 e. The first-order valence-corrected chi connectivity index (χ1v) is 14.5. The fraction of sp³-hybridized carbons (Fsp3) is 0.355. The lowest BCUT2D eigenvalue weighted by molar-refractivity contribution is -0.133. The minimum Gasteiger partial charge on any atom is -0.368 e. The quantitative estimate of drug-likeness (QED) is 0.101. The Morgan fingerprint density at radius 2 is 1.21 bits per heavy atom. The number of fused-ring (bicyclic) bond motifs is 2. The van der Waals surface area contributed by atoms with Gasteiger partial charge in [0.1, 0.15) is 18.1 Å². The molecule has 4 rings (SSSR count). The molecule has 12 heteroatoms. The number of carbonyl (C=O) groups is 4. The molecule has 4 aromatic rings. The topological polar surface area (TPSA) is 214 Å². The number of hydrogen-bond donors (Lipinski definition) is 8. The third-order valence-electron chi connectivity index (χ3n) is 7.60. The van der Waals surface area contributed by atoms with Crippen molar-refractivity contribution in [2.45, 2.75) is 63.2 Å². The van der Waals surface area contributed by atoms with Crippen LogP contribution < -0.4 is 33.2 Å². The number of para-hydroxylation sites is 2. The lowest BCUT2D eigenvalue weighted by atomic mass is 10.0. The third-order valence-corrected chi connectivity index (χ3v) is 7.60. The molecule has 2 heterocycles. The predicted octanol–water partition coefficient (Wildman–Crippen LogP) is 0.850. The monoisotopic (exact) mass is 588 g/mol. The fourth-order valence-corrected chi connectivity index (χ4v) is 5.08. The zero-order valence-corrected chi connectivity index (χ0v) is 24.2. The summed E-state index contributed by atoms with van der Waals surface area (Å²) < 4.78 is 0. The number of carbonyl (C=O) groups excluding carboxylic acids is 4. The second-order valence-corrected chi connectivity index (χ2v) is 10.7. The van der Waals surface area contributed by atoms with Gasteiger partial charge in [-0.2, -0.15) is 0 Å².